The van der Waals surface area contributed by atoms with Crippen molar-refractivity contribution >= 4 is 21.6 Å². The van der Waals surface area contributed by atoms with E-state index < -0.39 is 10.0 Å². The van der Waals surface area contributed by atoms with Gasteiger partial charge in [-0.2, -0.15) is 0 Å². The Balaban J connectivity index is 1.86. The molecule has 0 bridgehead atoms. The summed E-state index contributed by atoms with van der Waals surface area (Å²) >= 11 is 0. The van der Waals surface area contributed by atoms with E-state index in [0.717, 1.165) is 24.0 Å². The van der Waals surface area contributed by atoms with Crippen molar-refractivity contribution in [3.05, 3.63) is 65.2 Å². The smallest absolute Gasteiger partial charge is 0.232 e. The third kappa shape index (κ3) is 6.71. The Bertz CT molecular complexity index is 864. The molecule has 0 fully saturated rings. The Morgan fingerprint density at radius 3 is 2.41 bits per heavy atom. The van der Waals surface area contributed by atoms with Gasteiger partial charge in [0.15, 0.2) is 0 Å². The van der Waals surface area contributed by atoms with Crippen molar-refractivity contribution in [2.45, 2.75) is 33.1 Å². The van der Waals surface area contributed by atoms with Gasteiger partial charge in [0.25, 0.3) is 0 Å². The molecule has 0 saturated heterocycles. The highest BCUT2D eigenvalue weighted by Gasteiger charge is 2.20. The summed E-state index contributed by atoms with van der Waals surface area (Å²) in [5.74, 6) is -0.138. The first-order valence-electron chi connectivity index (χ1n) is 9.13. The fraction of sp³-hybridized carbons (Fsp3) is 0.381. The molecule has 146 valence electrons. The molecule has 1 N–H and O–H groups in total. The van der Waals surface area contributed by atoms with Crippen LogP contribution in [0.1, 0.15) is 29.5 Å². The van der Waals surface area contributed by atoms with Crippen LogP contribution in [0.5, 0.6) is 0 Å². The van der Waals surface area contributed by atoms with Gasteiger partial charge in [-0.1, -0.05) is 48.0 Å². The highest BCUT2D eigenvalue weighted by molar-refractivity contribution is 7.92. The third-order valence-electron chi connectivity index (χ3n) is 4.37. The SMILES string of the molecule is Cc1ccc(N(CCC(=O)NCCCc2ccccc2)S(C)(=O)=O)c(C)c1. The fourth-order valence-electron chi connectivity index (χ4n) is 3.01. The first-order valence-corrected chi connectivity index (χ1v) is 11.0. The van der Waals surface area contributed by atoms with E-state index in [4.69, 9.17) is 0 Å². The number of nitrogens with one attached hydrogen (secondary N) is 1. The minimum Gasteiger partial charge on any atom is -0.356 e. The van der Waals surface area contributed by atoms with Gasteiger partial charge in [-0.3, -0.25) is 9.10 Å². The van der Waals surface area contributed by atoms with Crippen molar-refractivity contribution in [2.24, 2.45) is 0 Å². The number of hydrogen-bond donors (Lipinski definition) is 1. The van der Waals surface area contributed by atoms with Crippen LogP contribution >= 0.6 is 0 Å². The number of aryl methyl sites for hydroxylation is 3. The lowest BCUT2D eigenvalue weighted by atomic mass is 10.1. The zero-order chi connectivity index (χ0) is 19.9. The lowest BCUT2D eigenvalue weighted by molar-refractivity contribution is -0.120. The predicted octanol–water partition coefficient (Wildman–Crippen LogP) is 3.21. The maximum atomic E-state index is 12.2. The van der Waals surface area contributed by atoms with E-state index in [1.54, 1.807) is 6.07 Å². The molecule has 2 aromatic rings. The van der Waals surface area contributed by atoms with Crippen LogP contribution in [0.2, 0.25) is 0 Å². The van der Waals surface area contributed by atoms with Crippen molar-refractivity contribution in [3.8, 4) is 0 Å². The van der Waals surface area contributed by atoms with Gasteiger partial charge in [0.1, 0.15) is 0 Å². The molecule has 0 aromatic heterocycles. The Hall–Kier alpha value is -2.34. The molecule has 1 amide bonds. The van der Waals surface area contributed by atoms with Crippen LogP contribution in [-0.2, 0) is 21.2 Å². The van der Waals surface area contributed by atoms with Crippen LogP contribution in [0.15, 0.2) is 48.5 Å². The van der Waals surface area contributed by atoms with Gasteiger partial charge in [0.05, 0.1) is 11.9 Å². The summed E-state index contributed by atoms with van der Waals surface area (Å²) in [7, 11) is -3.46. The number of carbonyl (C=O) groups excluding carboxylic acids is 1. The van der Waals surface area contributed by atoms with Crippen molar-refractivity contribution in [1.82, 2.24) is 5.32 Å². The monoisotopic (exact) mass is 388 g/mol. The molecule has 0 radical (unpaired) electrons. The van der Waals surface area contributed by atoms with Gasteiger partial charge >= 0.3 is 0 Å². The number of rotatable bonds is 9. The van der Waals surface area contributed by atoms with Gasteiger partial charge in [0, 0.05) is 19.5 Å². The minimum atomic E-state index is -3.46. The van der Waals surface area contributed by atoms with Crippen molar-refractivity contribution in [1.29, 1.82) is 0 Å². The largest absolute Gasteiger partial charge is 0.356 e. The van der Waals surface area contributed by atoms with E-state index in [9.17, 15) is 13.2 Å². The maximum absolute atomic E-state index is 12.2. The molecule has 0 unspecified atom stereocenters. The van der Waals surface area contributed by atoms with E-state index in [2.05, 4.69) is 17.4 Å². The number of anilines is 1. The lowest BCUT2D eigenvalue weighted by Gasteiger charge is -2.24. The van der Waals surface area contributed by atoms with Crippen molar-refractivity contribution in [2.75, 3.05) is 23.7 Å². The first-order chi connectivity index (χ1) is 12.8. The first kappa shape index (κ1) is 21.0. The van der Waals surface area contributed by atoms with Crippen LogP contribution in [0.25, 0.3) is 0 Å². The van der Waals surface area contributed by atoms with E-state index in [1.165, 1.54) is 16.1 Å². The summed E-state index contributed by atoms with van der Waals surface area (Å²) in [6.45, 7) is 4.55. The van der Waals surface area contributed by atoms with Gasteiger partial charge in [-0.25, -0.2) is 8.42 Å². The van der Waals surface area contributed by atoms with Crippen LogP contribution in [-0.4, -0.2) is 33.7 Å². The molecule has 2 aromatic carbocycles. The predicted molar refractivity (Wildman–Crippen MR) is 110 cm³/mol. The number of benzene rings is 2. The molecule has 0 atom stereocenters. The molecule has 2 rings (SSSR count). The van der Waals surface area contributed by atoms with Crippen LogP contribution in [0.3, 0.4) is 0 Å². The Labute approximate surface area is 162 Å². The Morgan fingerprint density at radius 2 is 1.78 bits per heavy atom. The maximum Gasteiger partial charge on any atom is 0.232 e. The third-order valence-corrected chi connectivity index (χ3v) is 5.55. The van der Waals surface area contributed by atoms with E-state index in [0.29, 0.717) is 12.2 Å². The number of amides is 1. The minimum absolute atomic E-state index is 0.131. The number of hydrogen-bond acceptors (Lipinski definition) is 3. The van der Waals surface area contributed by atoms with E-state index in [-0.39, 0.29) is 18.9 Å². The highest BCUT2D eigenvalue weighted by atomic mass is 32.2. The van der Waals surface area contributed by atoms with E-state index >= 15 is 0 Å². The molecular weight excluding hydrogens is 360 g/mol. The van der Waals surface area contributed by atoms with Crippen LogP contribution in [0, 0.1) is 13.8 Å². The summed E-state index contributed by atoms with van der Waals surface area (Å²) in [5.41, 5.74) is 3.81. The number of nitrogens with zero attached hydrogens (tertiary/aromatic N) is 1. The quantitative estimate of drug-likeness (QED) is 0.671. The van der Waals surface area contributed by atoms with E-state index in [1.807, 2.05) is 44.2 Å². The standard InChI is InChI=1S/C21H28N2O3S/c1-17-11-12-20(18(2)16-17)23(27(3,25)26)15-13-21(24)22-14-7-10-19-8-5-4-6-9-19/h4-6,8-9,11-12,16H,7,10,13-15H2,1-3H3,(H,22,24). The lowest BCUT2D eigenvalue weighted by Crippen LogP contribution is -2.35. The Kier molecular flexibility index (Phi) is 7.42. The second kappa shape index (κ2) is 9.55. The van der Waals surface area contributed by atoms with Crippen LogP contribution < -0.4 is 9.62 Å². The van der Waals surface area contributed by atoms with Crippen molar-refractivity contribution in [3.63, 3.8) is 0 Å². The molecule has 0 saturated carbocycles. The molecule has 0 aliphatic rings. The molecule has 0 spiro atoms. The summed E-state index contributed by atoms with van der Waals surface area (Å²) in [4.78, 5) is 12.1. The van der Waals surface area contributed by atoms with Crippen LogP contribution in [0.4, 0.5) is 5.69 Å². The molecule has 0 aliphatic heterocycles. The van der Waals surface area contributed by atoms with Gasteiger partial charge < -0.3 is 5.32 Å². The summed E-state index contributed by atoms with van der Waals surface area (Å²) < 4.78 is 25.7. The molecule has 0 heterocycles. The van der Waals surface area contributed by atoms with Gasteiger partial charge in [0.2, 0.25) is 15.9 Å². The molecule has 0 aliphatic carbocycles. The zero-order valence-corrected chi connectivity index (χ0v) is 17.1. The second-order valence-corrected chi connectivity index (χ2v) is 8.72. The average Bonchev–Trinajstić information content (AvgIpc) is 2.60. The number of sulfonamides is 1. The Morgan fingerprint density at radius 1 is 1.07 bits per heavy atom. The highest BCUT2D eigenvalue weighted by Crippen LogP contribution is 2.23. The summed E-state index contributed by atoms with van der Waals surface area (Å²) in [6.07, 6.45) is 3.05. The topological polar surface area (TPSA) is 66.5 Å². The summed E-state index contributed by atoms with van der Waals surface area (Å²) in [6, 6.07) is 15.7. The average molecular weight is 389 g/mol. The van der Waals surface area contributed by atoms with Crippen molar-refractivity contribution < 1.29 is 13.2 Å². The normalized spacial score (nSPS) is 11.2. The molecule has 6 heteroatoms. The number of carbonyl (C=O) groups is 1. The molecule has 5 nitrogen and oxygen atoms in total. The second-order valence-electron chi connectivity index (χ2n) is 6.81. The molecular formula is C21H28N2O3S. The van der Waals surface area contributed by atoms with Gasteiger partial charge in [-0.15, -0.1) is 0 Å². The zero-order valence-electron chi connectivity index (χ0n) is 16.2. The van der Waals surface area contributed by atoms with Gasteiger partial charge in [-0.05, 0) is 43.9 Å². The molecule has 27 heavy (non-hydrogen) atoms. The summed E-state index contributed by atoms with van der Waals surface area (Å²) in [5, 5.41) is 2.87. The fourth-order valence-corrected chi connectivity index (χ4v) is 3.99.